The zero-order chi connectivity index (χ0) is 18.6. The van der Waals surface area contributed by atoms with Crippen molar-refractivity contribution in [3.05, 3.63) is 23.9 Å². The van der Waals surface area contributed by atoms with Crippen molar-refractivity contribution in [3.63, 3.8) is 0 Å². The smallest absolute Gasteiger partial charge is 0.433 e. The highest BCUT2D eigenvalue weighted by Crippen LogP contribution is 2.31. The number of carbonyl (C=O) groups is 1. The summed E-state index contributed by atoms with van der Waals surface area (Å²) in [6, 6.07) is 3.08. The van der Waals surface area contributed by atoms with E-state index in [1.54, 1.807) is 0 Å². The number of alkyl halides is 3. The lowest BCUT2D eigenvalue weighted by atomic mass is 9.87. The van der Waals surface area contributed by atoms with Crippen LogP contribution in [0.15, 0.2) is 18.2 Å². The summed E-state index contributed by atoms with van der Waals surface area (Å²) >= 11 is 0. The van der Waals surface area contributed by atoms with E-state index in [2.05, 4.69) is 16.8 Å². The van der Waals surface area contributed by atoms with E-state index >= 15 is 0 Å². The van der Waals surface area contributed by atoms with Crippen LogP contribution in [0.5, 0.6) is 5.88 Å². The van der Waals surface area contributed by atoms with E-state index < -0.39 is 48.8 Å². The first-order valence-corrected chi connectivity index (χ1v) is 7.37. The standard InChI is InChI=1S/C16H16F3NO5/c1-9-14(23)10(8-22)15(11(24-9)4-3-7-21)25-13-6-2-5-12(20-13)16(17,18)19/h2,5-6,8-11,14-15,21,23H,7H2,1H3/t9-,10+,11-,14+,15-/m1/s1. The first-order valence-electron chi connectivity index (χ1n) is 7.37. The van der Waals surface area contributed by atoms with Gasteiger partial charge in [0.05, 0.1) is 18.1 Å². The molecule has 0 radical (unpaired) electrons. The highest BCUT2D eigenvalue weighted by Gasteiger charge is 2.45. The summed E-state index contributed by atoms with van der Waals surface area (Å²) in [4.78, 5) is 14.7. The lowest BCUT2D eigenvalue weighted by Gasteiger charge is -2.39. The van der Waals surface area contributed by atoms with E-state index in [4.69, 9.17) is 14.6 Å². The van der Waals surface area contributed by atoms with Crippen LogP contribution in [0, 0.1) is 17.8 Å². The van der Waals surface area contributed by atoms with Crippen molar-refractivity contribution < 1.29 is 37.7 Å². The van der Waals surface area contributed by atoms with Gasteiger partial charge in [0.25, 0.3) is 0 Å². The lowest BCUT2D eigenvalue weighted by molar-refractivity contribution is -0.171. The zero-order valence-corrected chi connectivity index (χ0v) is 13.1. The van der Waals surface area contributed by atoms with Crippen molar-refractivity contribution in [2.45, 2.75) is 37.5 Å². The number of hydrogen-bond acceptors (Lipinski definition) is 6. The summed E-state index contributed by atoms with van der Waals surface area (Å²) in [6.45, 7) is 1.05. The van der Waals surface area contributed by atoms with Crippen LogP contribution in [-0.4, -0.2) is 52.5 Å². The molecule has 1 fully saturated rings. The Morgan fingerprint density at radius 1 is 1.44 bits per heavy atom. The van der Waals surface area contributed by atoms with Crippen molar-refractivity contribution >= 4 is 6.29 Å². The maximum Gasteiger partial charge on any atom is 0.433 e. The minimum Gasteiger partial charge on any atom is -0.470 e. The van der Waals surface area contributed by atoms with Crippen LogP contribution < -0.4 is 4.74 Å². The van der Waals surface area contributed by atoms with E-state index in [9.17, 15) is 23.1 Å². The summed E-state index contributed by atoms with van der Waals surface area (Å²) in [6.07, 6.45) is -8.40. The van der Waals surface area contributed by atoms with Crippen LogP contribution in [0.3, 0.4) is 0 Å². The van der Waals surface area contributed by atoms with Crippen molar-refractivity contribution in [2.24, 2.45) is 5.92 Å². The van der Waals surface area contributed by atoms with Gasteiger partial charge in [-0.3, -0.25) is 0 Å². The Hall–Kier alpha value is -2.15. The maximum atomic E-state index is 12.8. The van der Waals surface area contributed by atoms with Gasteiger partial charge < -0.3 is 24.5 Å². The van der Waals surface area contributed by atoms with Crippen LogP contribution in [0.25, 0.3) is 0 Å². The molecule has 0 aromatic carbocycles. The number of aldehydes is 1. The van der Waals surface area contributed by atoms with Gasteiger partial charge in [0.15, 0.2) is 6.10 Å². The molecule has 6 nitrogen and oxygen atoms in total. The number of aliphatic hydroxyl groups excluding tert-OH is 2. The largest absolute Gasteiger partial charge is 0.470 e. The summed E-state index contributed by atoms with van der Waals surface area (Å²) in [5.41, 5.74) is -1.16. The van der Waals surface area contributed by atoms with Crippen molar-refractivity contribution in [3.8, 4) is 17.7 Å². The molecule has 1 aliphatic heterocycles. The third-order valence-electron chi connectivity index (χ3n) is 3.67. The average Bonchev–Trinajstić information content (AvgIpc) is 2.56. The molecule has 1 aromatic heterocycles. The number of pyridine rings is 1. The fourth-order valence-corrected chi connectivity index (χ4v) is 2.44. The molecule has 0 spiro atoms. The molecule has 136 valence electrons. The van der Waals surface area contributed by atoms with Crippen LogP contribution in [0.1, 0.15) is 12.6 Å². The second-order valence-electron chi connectivity index (χ2n) is 5.39. The lowest BCUT2D eigenvalue weighted by Crippen LogP contribution is -2.55. The highest BCUT2D eigenvalue weighted by atomic mass is 19.4. The van der Waals surface area contributed by atoms with Crippen LogP contribution in [0.2, 0.25) is 0 Å². The van der Waals surface area contributed by atoms with E-state index in [-0.39, 0.29) is 5.88 Å². The molecule has 5 atom stereocenters. The maximum absolute atomic E-state index is 12.8. The molecule has 1 aliphatic rings. The number of ether oxygens (including phenoxy) is 2. The third-order valence-corrected chi connectivity index (χ3v) is 3.67. The van der Waals surface area contributed by atoms with Gasteiger partial charge in [-0.1, -0.05) is 17.9 Å². The number of halogens is 3. The normalized spacial score (nSPS) is 29.4. The second kappa shape index (κ2) is 7.82. The first-order chi connectivity index (χ1) is 11.8. The Labute approximate surface area is 141 Å². The summed E-state index contributed by atoms with van der Waals surface area (Å²) < 4.78 is 49.1. The molecule has 0 amide bonds. The molecule has 2 rings (SSSR count). The minimum absolute atomic E-state index is 0.382. The van der Waals surface area contributed by atoms with Gasteiger partial charge >= 0.3 is 6.18 Å². The average molecular weight is 359 g/mol. The first kappa shape index (κ1) is 19.2. The van der Waals surface area contributed by atoms with Gasteiger partial charge in [0.2, 0.25) is 5.88 Å². The summed E-state index contributed by atoms with van der Waals surface area (Å²) in [7, 11) is 0. The van der Waals surface area contributed by atoms with Crippen molar-refractivity contribution in [2.75, 3.05) is 6.61 Å². The molecule has 1 saturated heterocycles. The molecule has 2 N–H and O–H groups in total. The number of rotatable bonds is 3. The van der Waals surface area contributed by atoms with Gasteiger partial charge in [-0.05, 0) is 13.0 Å². The topological polar surface area (TPSA) is 88.9 Å². The molecule has 0 bridgehead atoms. The monoisotopic (exact) mass is 359 g/mol. The number of carbonyl (C=O) groups excluding carboxylic acids is 1. The quantitative estimate of drug-likeness (QED) is 0.613. The Morgan fingerprint density at radius 2 is 2.16 bits per heavy atom. The Kier molecular flexibility index (Phi) is 6.00. The molecule has 0 saturated carbocycles. The van der Waals surface area contributed by atoms with E-state index in [1.807, 2.05) is 0 Å². The Morgan fingerprint density at radius 3 is 2.76 bits per heavy atom. The summed E-state index contributed by atoms with van der Waals surface area (Å²) in [5.74, 6) is 3.42. The fraction of sp³-hybridized carbons (Fsp3) is 0.500. The van der Waals surface area contributed by atoms with E-state index in [1.165, 1.54) is 13.0 Å². The molecular formula is C16H16F3NO5. The highest BCUT2D eigenvalue weighted by molar-refractivity contribution is 5.57. The predicted octanol–water partition coefficient (Wildman–Crippen LogP) is 0.807. The van der Waals surface area contributed by atoms with Gasteiger partial charge in [-0.25, -0.2) is 4.98 Å². The molecular weight excluding hydrogens is 343 g/mol. The van der Waals surface area contributed by atoms with Crippen LogP contribution >= 0.6 is 0 Å². The zero-order valence-electron chi connectivity index (χ0n) is 13.1. The molecule has 0 unspecified atom stereocenters. The minimum atomic E-state index is -4.66. The molecule has 0 aliphatic carbocycles. The van der Waals surface area contributed by atoms with Gasteiger partial charge in [0.1, 0.15) is 24.7 Å². The van der Waals surface area contributed by atoms with Gasteiger partial charge in [-0.15, -0.1) is 0 Å². The number of hydrogen-bond donors (Lipinski definition) is 2. The van der Waals surface area contributed by atoms with Crippen molar-refractivity contribution in [1.82, 2.24) is 4.98 Å². The molecule has 1 aromatic rings. The van der Waals surface area contributed by atoms with E-state index in [0.717, 1.165) is 12.1 Å². The second-order valence-corrected chi connectivity index (χ2v) is 5.39. The molecule has 25 heavy (non-hydrogen) atoms. The summed E-state index contributed by atoms with van der Waals surface area (Å²) in [5, 5.41) is 18.9. The van der Waals surface area contributed by atoms with Crippen LogP contribution in [-0.2, 0) is 15.7 Å². The van der Waals surface area contributed by atoms with Crippen molar-refractivity contribution in [1.29, 1.82) is 0 Å². The van der Waals surface area contributed by atoms with E-state index in [0.29, 0.717) is 6.29 Å². The predicted molar refractivity (Wildman–Crippen MR) is 78.4 cm³/mol. The Bertz CT molecular complexity index is 670. The SMILES string of the molecule is C[C@H]1O[C@H](C#CCO)[C@H](Oc2cccc(C(F)(F)F)n2)[C@@H](C=O)[C@H]1O. The van der Waals surface area contributed by atoms with Gasteiger partial charge in [-0.2, -0.15) is 13.2 Å². The fourth-order valence-electron chi connectivity index (χ4n) is 2.44. The third kappa shape index (κ3) is 4.48. The number of nitrogens with zero attached hydrogens (tertiary/aromatic N) is 1. The number of aliphatic hydroxyl groups is 2. The van der Waals surface area contributed by atoms with Gasteiger partial charge in [0, 0.05) is 6.07 Å². The molecule has 9 heteroatoms. The number of aromatic nitrogens is 1. The van der Waals surface area contributed by atoms with Crippen LogP contribution in [0.4, 0.5) is 13.2 Å². The molecule has 2 heterocycles. The Balaban J connectivity index is 2.33.